The Kier molecular flexibility index (Phi) is 7.85. The average Bonchev–Trinajstić information content (AvgIpc) is 2.69. The van der Waals surface area contributed by atoms with Gasteiger partial charge in [-0.25, -0.2) is 0 Å². The highest BCUT2D eigenvalue weighted by molar-refractivity contribution is 5.85. The summed E-state index contributed by atoms with van der Waals surface area (Å²) >= 11 is 0. The van der Waals surface area contributed by atoms with E-state index in [-0.39, 0.29) is 12.4 Å². The van der Waals surface area contributed by atoms with E-state index in [4.69, 9.17) is 0 Å². The molecule has 150 valence electrons. The van der Waals surface area contributed by atoms with Crippen molar-refractivity contribution >= 4 is 23.9 Å². The molecule has 1 saturated heterocycles. The second-order valence-corrected chi connectivity index (χ2v) is 7.99. The van der Waals surface area contributed by atoms with Crippen LogP contribution in [0.2, 0.25) is 0 Å². The summed E-state index contributed by atoms with van der Waals surface area (Å²) in [4.78, 5) is 13.7. The van der Waals surface area contributed by atoms with Crippen LogP contribution in [-0.4, -0.2) is 35.6 Å². The highest BCUT2D eigenvalue weighted by atomic mass is 35.5. The van der Waals surface area contributed by atoms with E-state index in [1.807, 2.05) is 13.8 Å². The van der Waals surface area contributed by atoms with Gasteiger partial charge in [-0.05, 0) is 56.4 Å². The Morgan fingerprint density at radius 3 is 1.82 bits per heavy atom. The molecule has 0 unspecified atom stereocenters. The molecule has 0 atom stereocenters. The standard InChI is InChI=1S/C24H29NO2.ClH/c1-24(2,23(26)27)15-18-25-16-13-21(14-17-25)22(19-9-5-3-6-10-19)20-11-7-4-8-12-20;/h3-12H,13-18H2,1-2H3,(H,26,27);1H. The molecule has 1 heterocycles. The van der Waals surface area contributed by atoms with Crippen LogP contribution in [0.15, 0.2) is 66.2 Å². The molecule has 0 bridgehead atoms. The van der Waals surface area contributed by atoms with Crippen molar-refractivity contribution in [3.8, 4) is 0 Å². The van der Waals surface area contributed by atoms with Gasteiger partial charge in [-0.3, -0.25) is 4.79 Å². The lowest BCUT2D eigenvalue weighted by molar-refractivity contribution is -0.147. The Hall–Kier alpha value is -2.10. The molecule has 1 aliphatic heterocycles. The Morgan fingerprint density at radius 2 is 1.39 bits per heavy atom. The van der Waals surface area contributed by atoms with Gasteiger partial charge in [0, 0.05) is 13.1 Å². The summed E-state index contributed by atoms with van der Waals surface area (Å²) in [7, 11) is 0. The molecular formula is C24H30ClNO2. The number of rotatable bonds is 6. The van der Waals surface area contributed by atoms with Crippen molar-refractivity contribution in [3.63, 3.8) is 0 Å². The number of halogens is 1. The molecule has 2 aromatic carbocycles. The number of benzene rings is 2. The van der Waals surface area contributed by atoms with E-state index in [0.29, 0.717) is 6.42 Å². The van der Waals surface area contributed by atoms with Crippen molar-refractivity contribution in [3.05, 3.63) is 77.4 Å². The zero-order valence-electron chi connectivity index (χ0n) is 16.7. The van der Waals surface area contributed by atoms with Crippen LogP contribution in [0, 0.1) is 5.41 Å². The van der Waals surface area contributed by atoms with Crippen LogP contribution >= 0.6 is 12.4 Å². The van der Waals surface area contributed by atoms with Gasteiger partial charge in [-0.1, -0.05) is 66.2 Å². The number of nitrogens with zero attached hydrogens (tertiary/aromatic N) is 1. The summed E-state index contributed by atoms with van der Waals surface area (Å²) in [5, 5.41) is 9.31. The summed E-state index contributed by atoms with van der Waals surface area (Å²) in [5.74, 6) is -0.712. The Labute approximate surface area is 174 Å². The largest absolute Gasteiger partial charge is 0.481 e. The van der Waals surface area contributed by atoms with Gasteiger partial charge < -0.3 is 10.0 Å². The van der Waals surface area contributed by atoms with Crippen LogP contribution in [0.25, 0.3) is 5.57 Å². The molecule has 1 fully saturated rings. The van der Waals surface area contributed by atoms with E-state index in [1.165, 1.54) is 22.3 Å². The summed E-state index contributed by atoms with van der Waals surface area (Å²) < 4.78 is 0. The minimum absolute atomic E-state index is 0. The third-order valence-corrected chi connectivity index (χ3v) is 5.57. The van der Waals surface area contributed by atoms with E-state index in [9.17, 15) is 9.90 Å². The van der Waals surface area contributed by atoms with Crippen molar-refractivity contribution in [2.24, 2.45) is 5.41 Å². The molecule has 2 aromatic rings. The first kappa shape index (κ1) is 22.2. The summed E-state index contributed by atoms with van der Waals surface area (Å²) in [6, 6.07) is 21.3. The van der Waals surface area contributed by atoms with Gasteiger partial charge >= 0.3 is 5.97 Å². The Bertz CT molecular complexity index is 748. The van der Waals surface area contributed by atoms with Gasteiger partial charge in [0.05, 0.1) is 5.41 Å². The topological polar surface area (TPSA) is 40.5 Å². The lowest BCUT2D eigenvalue weighted by Gasteiger charge is -2.32. The SMILES string of the molecule is CC(C)(CCN1CCC(=C(c2ccccc2)c2ccccc2)CC1)C(=O)O.Cl. The van der Waals surface area contributed by atoms with Crippen molar-refractivity contribution in [1.29, 1.82) is 0 Å². The van der Waals surface area contributed by atoms with Crippen molar-refractivity contribution in [2.45, 2.75) is 33.1 Å². The summed E-state index contributed by atoms with van der Waals surface area (Å²) in [6.07, 6.45) is 2.75. The van der Waals surface area contributed by atoms with Crippen LogP contribution < -0.4 is 0 Å². The zero-order valence-corrected chi connectivity index (χ0v) is 17.5. The van der Waals surface area contributed by atoms with E-state index >= 15 is 0 Å². The lowest BCUT2D eigenvalue weighted by Crippen LogP contribution is -2.36. The van der Waals surface area contributed by atoms with Crippen LogP contribution in [0.5, 0.6) is 0 Å². The number of hydrogen-bond acceptors (Lipinski definition) is 2. The maximum Gasteiger partial charge on any atom is 0.309 e. The van der Waals surface area contributed by atoms with Gasteiger partial charge in [0.2, 0.25) is 0 Å². The van der Waals surface area contributed by atoms with Crippen LogP contribution in [-0.2, 0) is 4.79 Å². The third kappa shape index (κ3) is 5.46. The van der Waals surface area contributed by atoms with E-state index in [2.05, 4.69) is 65.6 Å². The quantitative estimate of drug-likeness (QED) is 0.696. The van der Waals surface area contributed by atoms with E-state index in [0.717, 1.165) is 32.5 Å². The fourth-order valence-corrected chi connectivity index (χ4v) is 3.63. The smallest absolute Gasteiger partial charge is 0.309 e. The number of carboxylic acid groups (broad SMARTS) is 1. The lowest BCUT2D eigenvalue weighted by atomic mass is 9.87. The molecule has 28 heavy (non-hydrogen) atoms. The molecule has 1 aliphatic rings. The second kappa shape index (κ2) is 9.90. The zero-order chi connectivity index (χ0) is 19.3. The predicted molar refractivity (Wildman–Crippen MR) is 118 cm³/mol. The highest BCUT2D eigenvalue weighted by Crippen LogP contribution is 2.32. The normalized spacial score (nSPS) is 15.0. The Morgan fingerprint density at radius 1 is 0.929 bits per heavy atom. The van der Waals surface area contributed by atoms with Crippen molar-refractivity contribution in [1.82, 2.24) is 4.90 Å². The molecule has 0 aromatic heterocycles. The minimum Gasteiger partial charge on any atom is -0.481 e. The summed E-state index contributed by atoms with van der Waals surface area (Å²) in [6.45, 7) is 6.46. The molecular weight excluding hydrogens is 370 g/mol. The first-order valence-corrected chi connectivity index (χ1v) is 9.76. The van der Waals surface area contributed by atoms with Crippen LogP contribution in [0.3, 0.4) is 0 Å². The maximum atomic E-state index is 11.3. The number of likely N-dealkylation sites (tertiary alicyclic amines) is 1. The van der Waals surface area contributed by atoms with E-state index < -0.39 is 11.4 Å². The first-order valence-electron chi connectivity index (χ1n) is 9.76. The molecule has 3 nitrogen and oxygen atoms in total. The van der Waals surface area contributed by atoms with Gasteiger partial charge in [0.25, 0.3) is 0 Å². The van der Waals surface area contributed by atoms with Crippen LogP contribution in [0.1, 0.15) is 44.2 Å². The Balaban J connectivity index is 0.00000280. The third-order valence-electron chi connectivity index (χ3n) is 5.57. The monoisotopic (exact) mass is 399 g/mol. The fourth-order valence-electron chi connectivity index (χ4n) is 3.63. The molecule has 1 N–H and O–H groups in total. The van der Waals surface area contributed by atoms with Crippen molar-refractivity contribution in [2.75, 3.05) is 19.6 Å². The van der Waals surface area contributed by atoms with Crippen molar-refractivity contribution < 1.29 is 9.90 Å². The molecule has 0 spiro atoms. The molecule has 3 rings (SSSR count). The molecule has 0 radical (unpaired) electrons. The average molecular weight is 400 g/mol. The number of carboxylic acids is 1. The first-order chi connectivity index (χ1) is 13.0. The fraction of sp³-hybridized carbons (Fsp3) is 0.375. The van der Waals surface area contributed by atoms with Crippen LogP contribution in [0.4, 0.5) is 0 Å². The second-order valence-electron chi connectivity index (χ2n) is 7.99. The van der Waals surface area contributed by atoms with E-state index in [1.54, 1.807) is 0 Å². The highest BCUT2D eigenvalue weighted by Gasteiger charge is 2.28. The van der Waals surface area contributed by atoms with Gasteiger partial charge in [0.1, 0.15) is 0 Å². The maximum absolute atomic E-state index is 11.3. The molecule has 0 amide bonds. The summed E-state index contributed by atoms with van der Waals surface area (Å²) in [5.41, 5.74) is 4.76. The van der Waals surface area contributed by atoms with Gasteiger partial charge in [0.15, 0.2) is 0 Å². The molecule has 0 aliphatic carbocycles. The molecule has 4 heteroatoms. The molecule has 0 saturated carbocycles. The van der Waals surface area contributed by atoms with Gasteiger partial charge in [-0.15, -0.1) is 12.4 Å². The predicted octanol–water partition coefficient (Wildman–Crippen LogP) is 5.51. The number of aliphatic carboxylic acids is 1. The minimum atomic E-state index is -0.712. The van der Waals surface area contributed by atoms with Gasteiger partial charge in [-0.2, -0.15) is 0 Å². The number of hydrogen-bond donors (Lipinski definition) is 1. The number of carbonyl (C=O) groups is 1. The number of piperidine rings is 1.